The molecular formula is C21H23N7O8S. The van der Waals surface area contributed by atoms with Gasteiger partial charge in [-0.3, -0.25) is 9.36 Å². The Morgan fingerprint density at radius 3 is 2.76 bits per heavy atom. The number of anilines is 1. The highest BCUT2D eigenvalue weighted by atomic mass is 32.2. The first-order valence-corrected chi connectivity index (χ1v) is 12.7. The van der Waals surface area contributed by atoms with Gasteiger partial charge in [-0.25, -0.2) is 24.5 Å². The fourth-order valence-electron chi connectivity index (χ4n) is 4.31. The lowest BCUT2D eigenvalue weighted by Gasteiger charge is -2.16. The first kappa shape index (κ1) is 25.0. The number of cyclic esters (lactones) is 1. The molecule has 2 aliphatic rings. The van der Waals surface area contributed by atoms with Crippen molar-refractivity contribution in [3.8, 4) is 0 Å². The second-order valence-electron chi connectivity index (χ2n) is 8.53. The van der Waals surface area contributed by atoms with E-state index >= 15 is 0 Å². The number of nitrogens with zero attached hydrogens (tertiary/aromatic N) is 4. The average Bonchev–Trinajstić information content (AvgIpc) is 3.52. The van der Waals surface area contributed by atoms with Crippen LogP contribution in [0.1, 0.15) is 41.1 Å². The van der Waals surface area contributed by atoms with Crippen LogP contribution in [0.25, 0.3) is 11.2 Å². The van der Waals surface area contributed by atoms with Gasteiger partial charge in [0.2, 0.25) is 5.91 Å². The number of esters is 1. The van der Waals surface area contributed by atoms with Crippen LogP contribution >= 0.6 is 0 Å². The molecule has 15 nitrogen and oxygen atoms in total. The number of carbonyl (C=O) groups is 2. The van der Waals surface area contributed by atoms with Crippen LogP contribution in [0.2, 0.25) is 0 Å². The molecule has 5 rings (SSSR count). The molecule has 0 spiro atoms. The van der Waals surface area contributed by atoms with Crippen LogP contribution in [0.3, 0.4) is 0 Å². The molecule has 0 radical (unpaired) electrons. The van der Waals surface area contributed by atoms with Crippen LogP contribution in [0.4, 0.5) is 5.82 Å². The predicted octanol–water partition coefficient (Wildman–Crippen LogP) is -1.33. The number of fused-ring (bicyclic) bond motifs is 2. The van der Waals surface area contributed by atoms with Crippen molar-refractivity contribution in [2.24, 2.45) is 0 Å². The molecule has 2 aromatic heterocycles. The molecule has 0 aliphatic carbocycles. The molecule has 1 unspecified atom stereocenters. The highest BCUT2D eigenvalue weighted by Gasteiger charge is 2.44. The third-order valence-corrected chi connectivity index (χ3v) is 7.17. The summed E-state index contributed by atoms with van der Waals surface area (Å²) in [7, 11) is -4.32. The number of benzene rings is 1. The van der Waals surface area contributed by atoms with Crippen molar-refractivity contribution in [3.05, 3.63) is 48.0 Å². The number of aliphatic hydroxyl groups is 2. The van der Waals surface area contributed by atoms with E-state index < -0.39 is 59.3 Å². The van der Waals surface area contributed by atoms with Gasteiger partial charge in [0, 0.05) is 18.5 Å². The third-order valence-electron chi connectivity index (χ3n) is 6.13. The van der Waals surface area contributed by atoms with Gasteiger partial charge in [0.1, 0.15) is 36.3 Å². The van der Waals surface area contributed by atoms with E-state index in [-0.39, 0.29) is 29.8 Å². The van der Waals surface area contributed by atoms with Crippen LogP contribution < -0.4 is 15.2 Å². The lowest BCUT2D eigenvalue weighted by atomic mass is 10.0. The summed E-state index contributed by atoms with van der Waals surface area (Å²) in [6.45, 7) is -0.450. The molecule has 4 heterocycles. The Kier molecular flexibility index (Phi) is 6.50. The molecular weight excluding hydrogens is 510 g/mol. The highest BCUT2D eigenvalue weighted by Crippen LogP contribution is 2.34. The van der Waals surface area contributed by atoms with E-state index in [1.165, 1.54) is 17.2 Å². The molecule has 6 N–H and O–H groups in total. The summed E-state index contributed by atoms with van der Waals surface area (Å²) in [6.07, 6.45) is -3.45. The van der Waals surface area contributed by atoms with Crippen molar-refractivity contribution in [2.45, 2.75) is 43.5 Å². The maximum atomic E-state index is 12.4. The molecule has 2 aliphatic heterocycles. The van der Waals surface area contributed by atoms with E-state index in [0.717, 1.165) is 0 Å². The zero-order chi connectivity index (χ0) is 26.3. The van der Waals surface area contributed by atoms with Crippen LogP contribution in [0, 0.1) is 0 Å². The number of carbonyl (C=O) groups excluding carboxylic acids is 2. The van der Waals surface area contributed by atoms with E-state index in [2.05, 4.69) is 19.7 Å². The number of aliphatic hydroxyl groups excluding tert-OH is 2. The standard InChI is InChI=1S/C21H23N7O8S/c22-18-15-19(24-8-23-18)28(9-25-15)20-17(31)16(30)13(35-20)7-26-37(33,34)27-14(29)6-5-12-10-3-1-2-4-11(10)21(32)36-12/h1-4,8-9,12-13,16-17,20,26,30-31H,5-7H2,(H,27,29)(H2,22,23,24)/t12?,13-,16-,17-,20-/m1/s1. The van der Waals surface area contributed by atoms with Gasteiger partial charge in [0.05, 0.1) is 11.9 Å². The molecule has 37 heavy (non-hydrogen) atoms. The minimum Gasteiger partial charge on any atom is -0.454 e. The van der Waals surface area contributed by atoms with E-state index in [9.17, 15) is 28.2 Å². The van der Waals surface area contributed by atoms with Crippen LogP contribution in [-0.4, -0.2) is 74.9 Å². The molecule has 196 valence electrons. The number of hydrogen-bond donors (Lipinski definition) is 5. The van der Waals surface area contributed by atoms with Crippen molar-refractivity contribution < 1.29 is 37.7 Å². The summed E-state index contributed by atoms with van der Waals surface area (Å²) < 4.78 is 41.0. The summed E-state index contributed by atoms with van der Waals surface area (Å²) in [5.41, 5.74) is 7.35. The number of nitrogens with two attached hydrogens (primary N) is 1. The summed E-state index contributed by atoms with van der Waals surface area (Å²) >= 11 is 0. The number of hydrogen-bond acceptors (Lipinski definition) is 12. The van der Waals surface area contributed by atoms with E-state index in [4.69, 9.17) is 15.2 Å². The number of nitrogens with one attached hydrogen (secondary N) is 2. The minimum atomic E-state index is -4.32. The number of amides is 1. The number of ether oxygens (including phenoxy) is 2. The Morgan fingerprint density at radius 1 is 1.16 bits per heavy atom. The van der Waals surface area contributed by atoms with Gasteiger partial charge in [-0.15, -0.1) is 0 Å². The maximum absolute atomic E-state index is 12.4. The maximum Gasteiger partial charge on any atom is 0.339 e. The lowest BCUT2D eigenvalue weighted by Crippen LogP contribution is -2.45. The van der Waals surface area contributed by atoms with Crippen molar-refractivity contribution in [1.82, 2.24) is 29.0 Å². The highest BCUT2D eigenvalue weighted by molar-refractivity contribution is 7.88. The minimum absolute atomic E-state index is 0.0926. The molecule has 1 amide bonds. The third kappa shape index (κ3) is 4.84. The molecule has 16 heteroatoms. The smallest absolute Gasteiger partial charge is 0.339 e. The summed E-state index contributed by atoms with van der Waals surface area (Å²) in [5, 5.41) is 20.9. The summed E-state index contributed by atoms with van der Waals surface area (Å²) in [4.78, 5) is 36.1. The molecule has 1 aromatic carbocycles. The Balaban J connectivity index is 1.16. The normalized spacial score (nSPS) is 25.2. The Hall–Kier alpha value is -3.70. The molecule has 1 fully saturated rings. The lowest BCUT2D eigenvalue weighted by molar-refractivity contribution is -0.120. The van der Waals surface area contributed by atoms with Gasteiger partial charge < -0.3 is 25.4 Å². The summed E-state index contributed by atoms with van der Waals surface area (Å²) in [6, 6.07) is 6.76. The van der Waals surface area contributed by atoms with Gasteiger partial charge >= 0.3 is 16.2 Å². The van der Waals surface area contributed by atoms with Gasteiger partial charge in [-0.05, 0) is 12.5 Å². The van der Waals surface area contributed by atoms with Crippen molar-refractivity contribution in [1.29, 1.82) is 0 Å². The Labute approximate surface area is 209 Å². The van der Waals surface area contributed by atoms with Crippen LogP contribution in [0.15, 0.2) is 36.9 Å². The molecule has 3 aromatic rings. The Morgan fingerprint density at radius 2 is 1.95 bits per heavy atom. The zero-order valence-corrected chi connectivity index (χ0v) is 19.9. The van der Waals surface area contributed by atoms with Crippen molar-refractivity contribution >= 4 is 39.1 Å². The van der Waals surface area contributed by atoms with Gasteiger partial charge in [0.25, 0.3) is 0 Å². The quantitative estimate of drug-likeness (QED) is 0.213. The van der Waals surface area contributed by atoms with E-state index in [1.54, 1.807) is 24.3 Å². The second-order valence-corrected chi connectivity index (χ2v) is 10.0. The topological polar surface area (TPSA) is 221 Å². The van der Waals surface area contributed by atoms with Crippen molar-refractivity contribution in [3.63, 3.8) is 0 Å². The number of rotatable bonds is 8. The first-order valence-electron chi connectivity index (χ1n) is 11.2. The molecule has 0 saturated carbocycles. The summed E-state index contributed by atoms with van der Waals surface area (Å²) in [5.74, 6) is -1.20. The first-order chi connectivity index (χ1) is 17.6. The second kappa shape index (κ2) is 9.64. The fourth-order valence-corrected chi connectivity index (χ4v) is 5.17. The van der Waals surface area contributed by atoms with Gasteiger partial charge in [-0.1, -0.05) is 18.2 Å². The molecule has 0 bridgehead atoms. The Bertz CT molecular complexity index is 1460. The SMILES string of the molecule is Nc1ncnc2c1ncn2[C@@H]1O[C@H](CNS(=O)(=O)NC(=O)CCC2OC(=O)c3ccccc32)[C@@H](O)[C@H]1O. The fraction of sp³-hybridized carbons (Fsp3) is 0.381. The van der Waals surface area contributed by atoms with Crippen LogP contribution in [-0.2, 0) is 24.5 Å². The number of aromatic nitrogens is 4. The van der Waals surface area contributed by atoms with Gasteiger partial charge in [-0.2, -0.15) is 13.1 Å². The zero-order valence-electron chi connectivity index (χ0n) is 19.1. The van der Waals surface area contributed by atoms with E-state index in [1.807, 2.05) is 4.72 Å². The molecule has 1 saturated heterocycles. The molecule has 5 atom stereocenters. The van der Waals surface area contributed by atoms with Gasteiger partial charge in [0.15, 0.2) is 17.7 Å². The van der Waals surface area contributed by atoms with E-state index in [0.29, 0.717) is 11.1 Å². The average molecular weight is 534 g/mol. The largest absolute Gasteiger partial charge is 0.454 e. The predicted molar refractivity (Wildman–Crippen MR) is 125 cm³/mol. The number of imidazole rings is 1. The monoisotopic (exact) mass is 533 g/mol. The van der Waals surface area contributed by atoms with Crippen LogP contribution in [0.5, 0.6) is 0 Å². The van der Waals surface area contributed by atoms with Crippen molar-refractivity contribution in [2.75, 3.05) is 12.3 Å². The number of nitrogen functional groups attached to an aromatic ring is 1.